The average Bonchev–Trinajstić information content (AvgIpc) is 2.64. The van der Waals surface area contributed by atoms with E-state index in [2.05, 4.69) is 9.97 Å². The molecule has 94 valence electrons. The van der Waals surface area contributed by atoms with Crippen molar-refractivity contribution in [2.45, 2.75) is 52.1 Å². The highest BCUT2D eigenvalue weighted by Crippen LogP contribution is 2.33. The molecule has 1 aliphatic rings. The Kier molecular flexibility index (Phi) is 3.08. The molecule has 0 aliphatic carbocycles. The molecule has 0 aromatic carbocycles. The molecule has 1 atom stereocenters. The molecule has 1 aromatic heterocycles. The Labute approximate surface area is 101 Å². The first-order valence-electron chi connectivity index (χ1n) is 6.19. The largest absolute Gasteiger partial charge is 0.367 e. The van der Waals surface area contributed by atoms with Crippen LogP contribution in [0.3, 0.4) is 0 Å². The minimum atomic E-state index is -0.417. The summed E-state index contributed by atoms with van der Waals surface area (Å²) < 4.78 is 5.70. The standard InChI is InChI=1S/C13H20N2O2/c1-8(2)10-9(3)14-12(15-11(10)16)13(4)6-5-7-17-13/h8H,5-7H2,1-4H3,(H,14,15,16). The number of H-pyrrole nitrogens is 1. The fourth-order valence-electron chi connectivity index (χ4n) is 2.49. The number of ether oxygens (including phenoxy) is 1. The van der Waals surface area contributed by atoms with Gasteiger partial charge in [-0.3, -0.25) is 4.79 Å². The lowest BCUT2D eigenvalue weighted by Gasteiger charge is -2.23. The number of aryl methyl sites for hydroxylation is 1. The van der Waals surface area contributed by atoms with Crippen LogP contribution in [0, 0.1) is 6.92 Å². The summed E-state index contributed by atoms with van der Waals surface area (Å²) in [4.78, 5) is 19.5. The van der Waals surface area contributed by atoms with Crippen LogP contribution in [0.15, 0.2) is 4.79 Å². The summed E-state index contributed by atoms with van der Waals surface area (Å²) >= 11 is 0. The molecule has 2 heterocycles. The van der Waals surface area contributed by atoms with E-state index in [4.69, 9.17) is 4.74 Å². The lowest BCUT2D eigenvalue weighted by molar-refractivity contribution is 0.00893. The van der Waals surface area contributed by atoms with Crippen molar-refractivity contribution in [2.24, 2.45) is 0 Å². The van der Waals surface area contributed by atoms with Crippen LogP contribution in [0.1, 0.15) is 56.6 Å². The van der Waals surface area contributed by atoms with Crippen LogP contribution in [0.25, 0.3) is 0 Å². The lowest BCUT2D eigenvalue weighted by Crippen LogP contribution is -2.29. The summed E-state index contributed by atoms with van der Waals surface area (Å²) in [5, 5.41) is 0. The van der Waals surface area contributed by atoms with Gasteiger partial charge in [0.1, 0.15) is 11.4 Å². The van der Waals surface area contributed by atoms with Crippen LogP contribution in [-0.4, -0.2) is 16.6 Å². The van der Waals surface area contributed by atoms with Crippen LogP contribution >= 0.6 is 0 Å². The zero-order valence-electron chi connectivity index (χ0n) is 11.0. The summed E-state index contributed by atoms with van der Waals surface area (Å²) in [6.45, 7) is 8.64. The van der Waals surface area contributed by atoms with Gasteiger partial charge in [0.05, 0.1) is 0 Å². The van der Waals surface area contributed by atoms with E-state index in [1.807, 2.05) is 27.7 Å². The van der Waals surface area contributed by atoms with E-state index in [9.17, 15) is 4.79 Å². The number of aromatic nitrogens is 2. The van der Waals surface area contributed by atoms with Gasteiger partial charge in [-0.25, -0.2) is 4.98 Å². The molecule has 1 aliphatic heterocycles. The second-order valence-electron chi connectivity index (χ2n) is 5.25. The van der Waals surface area contributed by atoms with Gasteiger partial charge in [0.25, 0.3) is 5.56 Å². The molecule has 4 nitrogen and oxygen atoms in total. The van der Waals surface area contributed by atoms with Gasteiger partial charge < -0.3 is 9.72 Å². The fraction of sp³-hybridized carbons (Fsp3) is 0.692. The van der Waals surface area contributed by atoms with Crippen molar-refractivity contribution in [1.82, 2.24) is 9.97 Å². The van der Waals surface area contributed by atoms with E-state index >= 15 is 0 Å². The first kappa shape index (κ1) is 12.3. The predicted molar refractivity (Wildman–Crippen MR) is 66.2 cm³/mol. The van der Waals surface area contributed by atoms with Gasteiger partial charge >= 0.3 is 0 Å². The molecule has 0 spiro atoms. The average molecular weight is 236 g/mol. The van der Waals surface area contributed by atoms with Crippen molar-refractivity contribution in [1.29, 1.82) is 0 Å². The second-order valence-corrected chi connectivity index (χ2v) is 5.25. The Morgan fingerprint density at radius 2 is 2.18 bits per heavy atom. The fourth-order valence-corrected chi connectivity index (χ4v) is 2.49. The van der Waals surface area contributed by atoms with Gasteiger partial charge in [-0.15, -0.1) is 0 Å². The predicted octanol–water partition coefficient (Wildman–Crippen LogP) is 2.23. The molecule has 0 radical (unpaired) electrons. The third kappa shape index (κ3) is 2.14. The van der Waals surface area contributed by atoms with Crippen LogP contribution in [-0.2, 0) is 10.3 Å². The molecule has 2 rings (SSSR count). The third-order valence-corrected chi connectivity index (χ3v) is 3.44. The molecule has 4 heteroatoms. The number of rotatable bonds is 2. The molecule has 0 amide bonds. The lowest BCUT2D eigenvalue weighted by atomic mass is 9.99. The number of nitrogens with zero attached hydrogens (tertiary/aromatic N) is 1. The Balaban J connectivity index is 2.49. The minimum Gasteiger partial charge on any atom is -0.367 e. The van der Waals surface area contributed by atoms with Crippen molar-refractivity contribution in [3.8, 4) is 0 Å². The molecule has 0 bridgehead atoms. The second kappa shape index (κ2) is 4.26. The highest BCUT2D eigenvalue weighted by molar-refractivity contribution is 5.21. The number of hydrogen-bond acceptors (Lipinski definition) is 3. The van der Waals surface area contributed by atoms with Crippen LogP contribution < -0.4 is 5.56 Å². The van der Waals surface area contributed by atoms with Crippen molar-refractivity contribution in [3.63, 3.8) is 0 Å². The Bertz CT molecular complexity index is 471. The number of nitrogens with one attached hydrogen (secondary N) is 1. The van der Waals surface area contributed by atoms with E-state index in [0.29, 0.717) is 5.82 Å². The van der Waals surface area contributed by atoms with E-state index in [0.717, 1.165) is 30.7 Å². The quantitative estimate of drug-likeness (QED) is 0.856. The smallest absolute Gasteiger partial charge is 0.254 e. The van der Waals surface area contributed by atoms with E-state index < -0.39 is 5.60 Å². The van der Waals surface area contributed by atoms with Crippen LogP contribution in [0.2, 0.25) is 0 Å². The van der Waals surface area contributed by atoms with Crippen LogP contribution in [0.5, 0.6) is 0 Å². The highest BCUT2D eigenvalue weighted by atomic mass is 16.5. The molecule has 1 aromatic rings. The summed E-state index contributed by atoms with van der Waals surface area (Å²) in [6, 6.07) is 0. The van der Waals surface area contributed by atoms with Crippen LogP contribution in [0.4, 0.5) is 0 Å². The maximum Gasteiger partial charge on any atom is 0.254 e. The monoisotopic (exact) mass is 236 g/mol. The van der Waals surface area contributed by atoms with Gasteiger partial charge in [-0.05, 0) is 32.6 Å². The maximum atomic E-state index is 12.1. The van der Waals surface area contributed by atoms with Gasteiger partial charge in [0.2, 0.25) is 0 Å². The summed E-state index contributed by atoms with van der Waals surface area (Å²) in [7, 11) is 0. The zero-order valence-corrected chi connectivity index (χ0v) is 11.0. The highest BCUT2D eigenvalue weighted by Gasteiger charge is 2.34. The molecular weight excluding hydrogens is 216 g/mol. The molecule has 17 heavy (non-hydrogen) atoms. The van der Waals surface area contributed by atoms with Gasteiger partial charge in [-0.2, -0.15) is 0 Å². The summed E-state index contributed by atoms with van der Waals surface area (Å²) in [6.07, 6.45) is 1.93. The molecule has 0 saturated carbocycles. The van der Waals surface area contributed by atoms with E-state index in [-0.39, 0.29) is 11.5 Å². The topological polar surface area (TPSA) is 55.0 Å². The van der Waals surface area contributed by atoms with E-state index in [1.165, 1.54) is 0 Å². The SMILES string of the molecule is Cc1nc(C2(C)CCCO2)[nH]c(=O)c1C(C)C. The normalized spacial score (nSPS) is 24.5. The van der Waals surface area contributed by atoms with Gasteiger partial charge in [0, 0.05) is 17.9 Å². The first-order valence-corrected chi connectivity index (χ1v) is 6.19. The molecule has 1 unspecified atom stereocenters. The Morgan fingerprint density at radius 3 is 2.65 bits per heavy atom. The summed E-state index contributed by atoms with van der Waals surface area (Å²) in [5.41, 5.74) is 1.14. The Morgan fingerprint density at radius 1 is 1.47 bits per heavy atom. The van der Waals surface area contributed by atoms with E-state index in [1.54, 1.807) is 0 Å². The van der Waals surface area contributed by atoms with Crippen molar-refractivity contribution in [2.75, 3.05) is 6.61 Å². The molecule has 1 N–H and O–H groups in total. The van der Waals surface area contributed by atoms with Gasteiger partial charge in [0.15, 0.2) is 0 Å². The Hall–Kier alpha value is -1.16. The third-order valence-electron chi connectivity index (χ3n) is 3.44. The zero-order chi connectivity index (χ0) is 12.6. The first-order chi connectivity index (χ1) is 7.94. The molecular formula is C13H20N2O2. The maximum absolute atomic E-state index is 12.1. The van der Waals surface area contributed by atoms with Crippen molar-refractivity contribution < 1.29 is 4.74 Å². The number of aromatic amines is 1. The minimum absolute atomic E-state index is 0.0285. The van der Waals surface area contributed by atoms with Crippen molar-refractivity contribution in [3.05, 3.63) is 27.4 Å². The number of hydrogen-bond donors (Lipinski definition) is 1. The molecule has 1 fully saturated rings. The van der Waals surface area contributed by atoms with Gasteiger partial charge in [-0.1, -0.05) is 13.8 Å². The summed E-state index contributed by atoms with van der Waals surface area (Å²) in [5.74, 6) is 0.861. The molecule has 1 saturated heterocycles. The van der Waals surface area contributed by atoms with Crippen molar-refractivity contribution >= 4 is 0 Å².